The van der Waals surface area contributed by atoms with Gasteiger partial charge in [0.15, 0.2) is 0 Å². The lowest BCUT2D eigenvalue weighted by Crippen LogP contribution is -2.53. The number of aliphatic hydroxyl groups is 3. The van der Waals surface area contributed by atoms with Crippen LogP contribution in [-0.2, 0) is 12.1 Å². The Morgan fingerprint density at radius 2 is 1.94 bits per heavy atom. The number of halogens is 2. The minimum absolute atomic E-state index is 0.0439. The van der Waals surface area contributed by atoms with Crippen molar-refractivity contribution >= 4 is 39.8 Å². The molecule has 0 aliphatic carbocycles. The third-order valence-electron chi connectivity index (χ3n) is 5.74. The van der Waals surface area contributed by atoms with Crippen molar-refractivity contribution in [3.8, 4) is 10.4 Å². The van der Waals surface area contributed by atoms with Gasteiger partial charge in [0.25, 0.3) is 5.91 Å². The summed E-state index contributed by atoms with van der Waals surface area (Å²) in [6.07, 6.45) is 1.56. The molecule has 1 aliphatic rings. The van der Waals surface area contributed by atoms with Crippen molar-refractivity contribution in [2.45, 2.75) is 31.9 Å². The molecule has 1 aliphatic heterocycles. The zero-order valence-electron chi connectivity index (χ0n) is 19.6. The van der Waals surface area contributed by atoms with Crippen LogP contribution in [0.2, 0.25) is 0 Å². The van der Waals surface area contributed by atoms with Crippen molar-refractivity contribution in [3.63, 3.8) is 0 Å². The molecule has 0 atom stereocenters. The zero-order valence-corrected chi connectivity index (χ0v) is 21.2. The van der Waals surface area contributed by atoms with E-state index < -0.39 is 29.1 Å². The molecular weight excluding hydrogens is 510 g/mol. The third kappa shape index (κ3) is 5.69. The minimum Gasteiger partial charge on any atom is -0.386 e. The van der Waals surface area contributed by atoms with Gasteiger partial charge < -0.3 is 26.4 Å². The molecule has 36 heavy (non-hydrogen) atoms. The quantitative estimate of drug-likeness (QED) is 0.291. The number of anilines is 2. The molecule has 0 radical (unpaired) electrons. The highest BCUT2D eigenvalue weighted by Crippen LogP contribution is 2.40. The predicted octanol–water partition coefficient (Wildman–Crippen LogP) is 3.35. The summed E-state index contributed by atoms with van der Waals surface area (Å²) in [5.41, 5.74) is 4.62. The van der Waals surface area contributed by atoms with E-state index in [9.17, 15) is 28.9 Å². The molecule has 192 valence electrons. The Morgan fingerprint density at radius 1 is 1.25 bits per heavy atom. The molecule has 1 saturated heterocycles. The highest BCUT2D eigenvalue weighted by Gasteiger charge is 2.35. The molecule has 2 aromatic heterocycles. The van der Waals surface area contributed by atoms with Gasteiger partial charge in [-0.3, -0.25) is 4.79 Å². The van der Waals surface area contributed by atoms with Crippen LogP contribution in [0, 0.1) is 11.6 Å². The molecule has 8 nitrogen and oxygen atoms in total. The van der Waals surface area contributed by atoms with Crippen molar-refractivity contribution in [1.29, 1.82) is 0 Å². The molecular formula is C24H26F2N4O4S2. The maximum Gasteiger partial charge on any atom is 0.251 e. The Balaban J connectivity index is 1.58. The number of benzene rings is 1. The van der Waals surface area contributed by atoms with Gasteiger partial charge in [-0.1, -0.05) is 6.07 Å². The first kappa shape index (κ1) is 26.5. The van der Waals surface area contributed by atoms with Crippen LogP contribution in [0.1, 0.15) is 35.3 Å². The topological polar surface area (TPSA) is 132 Å². The van der Waals surface area contributed by atoms with Gasteiger partial charge >= 0.3 is 0 Å². The number of aromatic nitrogens is 1. The highest BCUT2D eigenvalue weighted by molar-refractivity contribution is 7.99. The number of thiophene rings is 1. The van der Waals surface area contributed by atoms with Crippen molar-refractivity contribution in [3.05, 3.63) is 64.9 Å². The second-order valence-corrected chi connectivity index (χ2v) is 11.2. The lowest BCUT2D eigenvalue weighted by Gasteiger charge is -2.38. The summed E-state index contributed by atoms with van der Waals surface area (Å²) < 4.78 is 29.7. The Hall–Kier alpha value is -2.61. The molecule has 0 saturated carbocycles. The van der Waals surface area contributed by atoms with Gasteiger partial charge in [-0.05, 0) is 49.2 Å². The number of nitrogens with one attached hydrogen (secondary N) is 1. The number of amides is 1. The van der Waals surface area contributed by atoms with Crippen molar-refractivity contribution in [2.75, 3.05) is 23.4 Å². The van der Waals surface area contributed by atoms with Crippen molar-refractivity contribution in [2.24, 2.45) is 5.73 Å². The van der Waals surface area contributed by atoms with Crippen molar-refractivity contribution < 1.29 is 28.9 Å². The first-order valence-electron chi connectivity index (χ1n) is 11.0. The number of hydrogen-bond donors (Lipinski definition) is 5. The average Bonchev–Trinajstić information content (AvgIpc) is 3.19. The molecule has 0 bridgehead atoms. The third-order valence-corrected chi connectivity index (χ3v) is 7.87. The standard InChI is InChI=1S/C24H26F2N4O4S2/c1-23(2,32)14-7-16(25)20(17(26)8-14)18-9-15(21(27)31)22(36-18)29-19-4-3-13(10-28-19)11-30-5-6-35-12-24(30,33)34/h3-4,7-10,32-34H,5-6,11-12H2,1-2H3,(H2,27,31)(H,28,29). The van der Waals surface area contributed by atoms with E-state index in [2.05, 4.69) is 10.3 Å². The Morgan fingerprint density at radius 3 is 2.50 bits per heavy atom. The number of rotatable bonds is 7. The van der Waals surface area contributed by atoms with Crippen LogP contribution in [0.5, 0.6) is 0 Å². The SMILES string of the molecule is CC(C)(O)c1cc(F)c(-c2cc(C(N)=O)c(Nc3ccc(CN4CCSCC4(O)O)cn3)s2)c(F)c1. The molecule has 0 spiro atoms. The highest BCUT2D eigenvalue weighted by atomic mass is 32.2. The minimum atomic E-state index is -1.89. The van der Waals surface area contributed by atoms with E-state index in [1.807, 2.05) is 0 Å². The number of nitrogens with two attached hydrogens (primary N) is 1. The van der Waals surface area contributed by atoms with Crippen LogP contribution in [-0.4, -0.2) is 55.1 Å². The maximum atomic E-state index is 14.9. The van der Waals surface area contributed by atoms with E-state index >= 15 is 0 Å². The van der Waals surface area contributed by atoms with Crippen LogP contribution < -0.4 is 11.1 Å². The summed E-state index contributed by atoms with van der Waals surface area (Å²) in [5.74, 6) is -3.08. The molecule has 6 N–H and O–H groups in total. The Labute approximate surface area is 214 Å². The smallest absolute Gasteiger partial charge is 0.251 e. The molecule has 4 rings (SSSR count). The van der Waals surface area contributed by atoms with Gasteiger partial charge in [0.1, 0.15) is 22.5 Å². The lowest BCUT2D eigenvalue weighted by atomic mass is 9.96. The van der Waals surface area contributed by atoms with Crippen molar-refractivity contribution in [1.82, 2.24) is 9.88 Å². The fourth-order valence-corrected chi connectivity index (χ4v) is 5.81. The first-order valence-corrected chi connectivity index (χ1v) is 13.0. The number of nitrogens with zero attached hydrogens (tertiary/aromatic N) is 2. The number of carbonyl (C=O) groups is 1. The van der Waals surface area contributed by atoms with E-state index in [1.54, 1.807) is 23.2 Å². The summed E-state index contributed by atoms with van der Waals surface area (Å²) in [7, 11) is 0. The maximum absolute atomic E-state index is 14.9. The van der Waals surface area contributed by atoms with E-state index in [1.165, 1.54) is 31.7 Å². The van der Waals surface area contributed by atoms with Gasteiger partial charge in [-0.15, -0.1) is 11.3 Å². The van der Waals surface area contributed by atoms with E-state index in [4.69, 9.17) is 5.73 Å². The lowest BCUT2D eigenvalue weighted by molar-refractivity contribution is -0.250. The van der Waals surface area contributed by atoms with E-state index in [0.29, 0.717) is 12.4 Å². The molecule has 12 heteroatoms. The summed E-state index contributed by atoms with van der Waals surface area (Å²) in [4.78, 5) is 18.1. The fraction of sp³-hybridized carbons (Fsp3) is 0.333. The fourth-order valence-electron chi connectivity index (χ4n) is 3.74. The number of carbonyl (C=O) groups excluding carboxylic acids is 1. The largest absolute Gasteiger partial charge is 0.386 e. The van der Waals surface area contributed by atoms with Crippen LogP contribution in [0.3, 0.4) is 0 Å². The van der Waals surface area contributed by atoms with Crippen LogP contribution in [0.4, 0.5) is 19.6 Å². The van der Waals surface area contributed by atoms with Gasteiger partial charge in [-0.25, -0.2) is 18.7 Å². The Kier molecular flexibility index (Phi) is 7.37. The molecule has 3 heterocycles. The monoisotopic (exact) mass is 536 g/mol. The summed E-state index contributed by atoms with van der Waals surface area (Å²) >= 11 is 2.40. The number of thioether (sulfide) groups is 1. The average molecular weight is 537 g/mol. The number of hydrogen-bond acceptors (Lipinski definition) is 9. The molecule has 1 aromatic carbocycles. The van der Waals surface area contributed by atoms with Crippen LogP contribution in [0.25, 0.3) is 10.4 Å². The van der Waals surface area contributed by atoms with Crippen LogP contribution >= 0.6 is 23.1 Å². The molecule has 1 fully saturated rings. The summed E-state index contributed by atoms with van der Waals surface area (Å²) in [6, 6.07) is 6.83. The summed E-state index contributed by atoms with van der Waals surface area (Å²) in [5, 5.41) is 33.6. The first-order chi connectivity index (χ1) is 16.8. The van der Waals surface area contributed by atoms with Gasteiger partial charge in [-0.2, -0.15) is 11.8 Å². The van der Waals surface area contributed by atoms with Gasteiger partial charge in [0.2, 0.25) is 5.91 Å². The zero-order chi connectivity index (χ0) is 26.3. The normalized spacial score (nSPS) is 16.2. The molecule has 0 unspecified atom stereocenters. The molecule has 1 amide bonds. The van der Waals surface area contributed by atoms with Crippen LogP contribution in [0.15, 0.2) is 36.5 Å². The van der Waals surface area contributed by atoms with Gasteiger partial charge in [0.05, 0.1) is 22.5 Å². The Bertz CT molecular complexity index is 1250. The number of primary amides is 1. The summed E-state index contributed by atoms with van der Waals surface area (Å²) in [6.45, 7) is 3.65. The van der Waals surface area contributed by atoms with E-state index in [0.717, 1.165) is 34.8 Å². The van der Waals surface area contributed by atoms with E-state index in [-0.39, 0.29) is 38.9 Å². The second-order valence-electron chi connectivity index (χ2n) is 9.02. The van der Waals surface area contributed by atoms with Gasteiger partial charge in [0, 0.05) is 29.9 Å². The second kappa shape index (κ2) is 10.0. The predicted molar refractivity (Wildman–Crippen MR) is 136 cm³/mol. The molecule has 3 aromatic rings. The number of pyridine rings is 1.